The topological polar surface area (TPSA) is 54.6 Å². The SMILES string of the molecule is Cl.FC(F)(F)c1ccc(-c2noc(CN3CCCCC3CN3CCOCC3)n2)cc1. The van der Waals surface area contributed by atoms with Crippen molar-refractivity contribution < 1.29 is 22.4 Å². The predicted octanol–water partition coefficient (Wildman–Crippen LogP) is 3.86. The molecule has 6 nitrogen and oxygen atoms in total. The van der Waals surface area contributed by atoms with E-state index in [0.717, 1.165) is 64.4 Å². The molecule has 30 heavy (non-hydrogen) atoms. The number of ether oxygens (including phenoxy) is 1. The number of nitrogens with zero attached hydrogens (tertiary/aromatic N) is 4. The molecule has 2 fully saturated rings. The van der Waals surface area contributed by atoms with E-state index in [9.17, 15) is 13.2 Å². The molecule has 0 aliphatic carbocycles. The summed E-state index contributed by atoms with van der Waals surface area (Å²) in [5.74, 6) is 0.809. The van der Waals surface area contributed by atoms with Gasteiger partial charge in [-0.3, -0.25) is 9.80 Å². The number of halogens is 4. The van der Waals surface area contributed by atoms with E-state index in [1.54, 1.807) is 0 Å². The highest BCUT2D eigenvalue weighted by molar-refractivity contribution is 5.85. The Kier molecular flexibility index (Phi) is 7.73. The smallest absolute Gasteiger partial charge is 0.379 e. The van der Waals surface area contributed by atoms with E-state index in [2.05, 4.69) is 19.9 Å². The minimum absolute atomic E-state index is 0. The molecule has 1 aromatic heterocycles. The lowest BCUT2D eigenvalue weighted by molar-refractivity contribution is -0.137. The summed E-state index contributed by atoms with van der Waals surface area (Å²) in [6.07, 6.45) is -0.867. The summed E-state index contributed by atoms with van der Waals surface area (Å²) < 4.78 is 49.0. The van der Waals surface area contributed by atoms with Gasteiger partial charge in [0.25, 0.3) is 0 Å². The second kappa shape index (κ2) is 10.1. The molecule has 0 N–H and O–H groups in total. The van der Waals surface area contributed by atoms with Crippen molar-refractivity contribution in [1.29, 1.82) is 0 Å². The van der Waals surface area contributed by atoms with Crippen LogP contribution in [-0.4, -0.2) is 65.4 Å². The number of morpholine rings is 1. The second-order valence-corrected chi connectivity index (χ2v) is 7.62. The zero-order chi connectivity index (χ0) is 20.3. The zero-order valence-corrected chi connectivity index (χ0v) is 17.4. The predicted molar refractivity (Wildman–Crippen MR) is 107 cm³/mol. The molecule has 0 spiro atoms. The Morgan fingerprint density at radius 2 is 1.77 bits per heavy atom. The van der Waals surface area contributed by atoms with Crippen LogP contribution in [0.15, 0.2) is 28.8 Å². The molecule has 2 aromatic rings. The third kappa shape index (κ3) is 5.72. The van der Waals surface area contributed by atoms with Crippen molar-refractivity contribution in [3.63, 3.8) is 0 Å². The third-order valence-electron chi connectivity index (χ3n) is 5.60. The van der Waals surface area contributed by atoms with Gasteiger partial charge in [0.1, 0.15) is 0 Å². The monoisotopic (exact) mass is 446 g/mol. The van der Waals surface area contributed by atoms with Crippen molar-refractivity contribution in [2.45, 2.75) is 38.0 Å². The molecule has 0 radical (unpaired) electrons. The van der Waals surface area contributed by atoms with Crippen molar-refractivity contribution in [3.05, 3.63) is 35.7 Å². The number of benzene rings is 1. The summed E-state index contributed by atoms with van der Waals surface area (Å²) >= 11 is 0. The largest absolute Gasteiger partial charge is 0.416 e. The lowest BCUT2D eigenvalue weighted by atomic mass is 10.0. The minimum Gasteiger partial charge on any atom is -0.379 e. The van der Waals surface area contributed by atoms with E-state index < -0.39 is 11.7 Å². The Balaban J connectivity index is 0.00000256. The van der Waals surface area contributed by atoms with Gasteiger partial charge in [0.15, 0.2) is 0 Å². The quantitative estimate of drug-likeness (QED) is 0.695. The number of hydrogen-bond acceptors (Lipinski definition) is 6. The molecule has 2 saturated heterocycles. The van der Waals surface area contributed by atoms with Crippen LogP contribution in [0.4, 0.5) is 13.2 Å². The van der Waals surface area contributed by atoms with Crippen LogP contribution in [0.1, 0.15) is 30.7 Å². The summed E-state index contributed by atoms with van der Waals surface area (Å²) in [5, 5.41) is 3.96. The van der Waals surface area contributed by atoms with E-state index in [0.29, 0.717) is 29.9 Å². The van der Waals surface area contributed by atoms with Gasteiger partial charge < -0.3 is 9.26 Å². The molecule has 2 aliphatic heterocycles. The van der Waals surface area contributed by atoms with Gasteiger partial charge in [-0.25, -0.2) is 0 Å². The van der Waals surface area contributed by atoms with Gasteiger partial charge in [-0.2, -0.15) is 18.2 Å². The fraction of sp³-hybridized carbons (Fsp3) is 0.600. The highest BCUT2D eigenvalue weighted by atomic mass is 35.5. The van der Waals surface area contributed by atoms with E-state index >= 15 is 0 Å². The van der Waals surface area contributed by atoms with Crippen LogP contribution < -0.4 is 0 Å². The Hall–Kier alpha value is -1.68. The van der Waals surface area contributed by atoms with Crippen molar-refractivity contribution in [2.24, 2.45) is 0 Å². The van der Waals surface area contributed by atoms with Crippen LogP contribution in [0, 0.1) is 0 Å². The van der Waals surface area contributed by atoms with Gasteiger partial charge >= 0.3 is 6.18 Å². The maximum Gasteiger partial charge on any atom is 0.416 e. The second-order valence-electron chi connectivity index (χ2n) is 7.62. The van der Waals surface area contributed by atoms with E-state index in [-0.39, 0.29) is 12.4 Å². The first-order valence-corrected chi connectivity index (χ1v) is 10.0. The zero-order valence-electron chi connectivity index (χ0n) is 16.6. The number of piperidine rings is 1. The molecular weight excluding hydrogens is 421 g/mol. The number of rotatable bonds is 5. The molecule has 10 heteroatoms. The van der Waals surface area contributed by atoms with Crippen LogP contribution in [-0.2, 0) is 17.5 Å². The Labute approximate surface area is 179 Å². The Morgan fingerprint density at radius 3 is 2.47 bits per heavy atom. The molecule has 0 amide bonds. The number of likely N-dealkylation sites (tertiary alicyclic amines) is 1. The summed E-state index contributed by atoms with van der Waals surface area (Å²) in [4.78, 5) is 9.23. The van der Waals surface area contributed by atoms with Crippen LogP contribution >= 0.6 is 12.4 Å². The average Bonchev–Trinajstić information content (AvgIpc) is 3.18. The van der Waals surface area contributed by atoms with Gasteiger partial charge in [-0.05, 0) is 31.5 Å². The van der Waals surface area contributed by atoms with Gasteiger partial charge in [-0.15, -0.1) is 12.4 Å². The fourth-order valence-electron chi connectivity index (χ4n) is 3.98. The molecule has 166 valence electrons. The minimum atomic E-state index is -4.36. The number of aromatic nitrogens is 2. The van der Waals surface area contributed by atoms with Crippen LogP contribution in [0.5, 0.6) is 0 Å². The molecule has 2 aliphatic rings. The van der Waals surface area contributed by atoms with Gasteiger partial charge in [-0.1, -0.05) is 23.7 Å². The van der Waals surface area contributed by atoms with Crippen LogP contribution in [0.3, 0.4) is 0 Å². The molecule has 0 bridgehead atoms. The molecule has 3 heterocycles. The molecular formula is C20H26ClF3N4O2. The van der Waals surface area contributed by atoms with Crippen molar-refractivity contribution in [3.8, 4) is 11.4 Å². The molecule has 1 unspecified atom stereocenters. The summed E-state index contributed by atoms with van der Waals surface area (Å²) in [5.41, 5.74) is -0.180. The molecule has 4 rings (SSSR count). The van der Waals surface area contributed by atoms with Crippen LogP contribution in [0.25, 0.3) is 11.4 Å². The Morgan fingerprint density at radius 1 is 1.03 bits per heavy atom. The standard InChI is InChI=1S/C20H25F3N4O2.ClH/c21-20(22,23)16-6-4-15(5-7-16)19-24-18(29-25-19)14-27-8-2-1-3-17(27)13-26-9-11-28-12-10-26;/h4-7,17H,1-3,8-14H2;1H. The first kappa shape index (κ1) is 23.0. The first-order valence-electron chi connectivity index (χ1n) is 10.0. The van der Waals surface area contributed by atoms with Crippen LogP contribution in [0.2, 0.25) is 0 Å². The number of hydrogen-bond donors (Lipinski definition) is 0. The van der Waals surface area contributed by atoms with Gasteiger partial charge in [0, 0.05) is 31.2 Å². The summed E-state index contributed by atoms with van der Waals surface area (Å²) in [7, 11) is 0. The highest BCUT2D eigenvalue weighted by Crippen LogP contribution is 2.30. The summed E-state index contributed by atoms with van der Waals surface area (Å²) in [6, 6.07) is 5.25. The lowest BCUT2D eigenvalue weighted by Gasteiger charge is -2.39. The van der Waals surface area contributed by atoms with E-state index in [1.807, 2.05) is 0 Å². The maximum atomic E-state index is 12.7. The van der Waals surface area contributed by atoms with Crippen molar-refractivity contribution >= 4 is 12.4 Å². The molecule has 0 saturated carbocycles. The normalized spacial score (nSPS) is 21.4. The lowest BCUT2D eigenvalue weighted by Crippen LogP contribution is -2.49. The molecule has 1 aromatic carbocycles. The molecule has 1 atom stereocenters. The van der Waals surface area contributed by atoms with Gasteiger partial charge in [0.2, 0.25) is 11.7 Å². The highest BCUT2D eigenvalue weighted by Gasteiger charge is 2.30. The Bertz CT molecular complexity index is 794. The van der Waals surface area contributed by atoms with E-state index in [1.165, 1.54) is 18.6 Å². The van der Waals surface area contributed by atoms with Crippen molar-refractivity contribution in [2.75, 3.05) is 39.4 Å². The average molecular weight is 447 g/mol. The first-order chi connectivity index (χ1) is 14.0. The van der Waals surface area contributed by atoms with Gasteiger partial charge in [0.05, 0.1) is 25.3 Å². The third-order valence-corrected chi connectivity index (χ3v) is 5.60. The number of alkyl halides is 3. The van der Waals surface area contributed by atoms with Crippen molar-refractivity contribution in [1.82, 2.24) is 19.9 Å². The van der Waals surface area contributed by atoms with E-state index in [4.69, 9.17) is 9.26 Å². The fourth-order valence-corrected chi connectivity index (χ4v) is 3.98. The summed E-state index contributed by atoms with van der Waals surface area (Å²) in [6.45, 7) is 6.03. The maximum absolute atomic E-state index is 12.7.